The first kappa shape index (κ1) is 37.0. The summed E-state index contributed by atoms with van der Waals surface area (Å²) < 4.78 is 5.58. The molecule has 0 aliphatic carbocycles. The molecule has 0 aliphatic rings. The minimum absolute atomic E-state index is 0.0979. The molecule has 0 saturated heterocycles. The fraction of sp³-hybridized carbons (Fsp3) is 0.390. The number of nitrogens with one attached hydrogen (secondary N) is 2. The van der Waals surface area contributed by atoms with E-state index in [9.17, 15) is 19.5 Å². The number of rotatable bonds is 14. The molecule has 8 heteroatoms. The summed E-state index contributed by atoms with van der Waals surface area (Å²) in [6.45, 7) is 11.7. The zero-order valence-corrected chi connectivity index (χ0v) is 29.7. The summed E-state index contributed by atoms with van der Waals surface area (Å²) in [7, 11) is 0. The number of alkyl carbamates (subject to hydrolysis) is 1. The number of carbonyl (C=O) groups is 3. The molecule has 0 radical (unpaired) electrons. The maximum atomic E-state index is 14.9. The molecule has 8 nitrogen and oxygen atoms in total. The van der Waals surface area contributed by atoms with Crippen molar-refractivity contribution in [3.63, 3.8) is 0 Å². The topological polar surface area (TPSA) is 108 Å². The van der Waals surface area contributed by atoms with Crippen LogP contribution >= 0.6 is 0 Å². The molecule has 49 heavy (non-hydrogen) atoms. The van der Waals surface area contributed by atoms with Gasteiger partial charge >= 0.3 is 6.09 Å². The molecule has 3 N–H and O–H groups in total. The van der Waals surface area contributed by atoms with Crippen molar-refractivity contribution < 1.29 is 24.2 Å². The van der Waals surface area contributed by atoms with Gasteiger partial charge in [0.15, 0.2) is 0 Å². The van der Waals surface area contributed by atoms with E-state index in [2.05, 4.69) is 17.6 Å². The summed E-state index contributed by atoms with van der Waals surface area (Å²) in [6, 6.07) is 24.1. The Morgan fingerprint density at radius 2 is 1.53 bits per heavy atom. The van der Waals surface area contributed by atoms with E-state index in [1.807, 2.05) is 74.5 Å². The van der Waals surface area contributed by atoms with E-state index in [-0.39, 0.29) is 18.1 Å². The summed E-state index contributed by atoms with van der Waals surface area (Å²) in [4.78, 5) is 44.3. The Kier molecular flexibility index (Phi) is 12.8. The van der Waals surface area contributed by atoms with Gasteiger partial charge in [-0.15, -0.1) is 0 Å². The van der Waals surface area contributed by atoms with Crippen molar-refractivity contribution in [1.29, 1.82) is 0 Å². The zero-order valence-electron chi connectivity index (χ0n) is 29.7. The second-order valence-corrected chi connectivity index (χ2v) is 13.8. The van der Waals surface area contributed by atoms with Crippen LogP contribution in [0.3, 0.4) is 0 Å². The van der Waals surface area contributed by atoms with Crippen LogP contribution in [0, 0.1) is 13.8 Å². The maximum absolute atomic E-state index is 14.9. The van der Waals surface area contributed by atoms with Crippen molar-refractivity contribution in [2.24, 2.45) is 0 Å². The molecular formula is C41H51N3O5. The number of aromatic hydroxyl groups is 1. The van der Waals surface area contributed by atoms with Gasteiger partial charge in [0.25, 0.3) is 5.91 Å². The van der Waals surface area contributed by atoms with Crippen LogP contribution in [0.25, 0.3) is 10.8 Å². The number of amides is 3. The van der Waals surface area contributed by atoms with Crippen LogP contribution in [0.1, 0.15) is 88.1 Å². The highest BCUT2D eigenvalue weighted by Crippen LogP contribution is 2.30. The lowest BCUT2D eigenvalue weighted by Crippen LogP contribution is -2.53. The number of ether oxygens (including phenoxy) is 1. The number of unbranched alkanes of at least 4 members (excludes halogenated alkanes) is 4. The molecule has 0 spiro atoms. The highest BCUT2D eigenvalue weighted by Gasteiger charge is 2.37. The van der Waals surface area contributed by atoms with Crippen molar-refractivity contribution in [2.45, 2.75) is 97.8 Å². The SMILES string of the molecule is CCCCCCCN(C(=O)C(Cc1ccc(O)cc1)NC(=O)OC(C)(C)C)C(C(=O)Nc1ccc2ccccc2c1)c1cc(C)ccc1C. The van der Waals surface area contributed by atoms with Crippen LogP contribution in [-0.2, 0) is 20.7 Å². The molecule has 3 amide bonds. The van der Waals surface area contributed by atoms with Gasteiger partial charge in [-0.1, -0.05) is 98.8 Å². The Hall–Kier alpha value is -4.85. The first-order valence-corrected chi connectivity index (χ1v) is 17.3. The van der Waals surface area contributed by atoms with Gasteiger partial charge in [0.1, 0.15) is 23.4 Å². The molecule has 2 unspecified atom stereocenters. The zero-order chi connectivity index (χ0) is 35.6. The van der Waals surface area contributed by atoms with Crippen LogP contribution < -0.4 is 10.6 Å². The van der Waals surface area contributed by atoms with E-state index in [4.69, 9.17) is 4.74 Å². The van der Waals surface area contributed by atoms with Crippen molar-refractivity contribution in [3.8, 4) is 5.75 Å². The van der Waals surface area contributed by atoms with Gasteiger partial charge in [-0.2, -0.15) is 0 Å². The van der Waals surface area contributed by atoms with Crippen molar-refractivity contribution in [2.75, 3.05) is 11.9 Å². The predicted octanol–water partition coefficient (Wildman–Crippen LogP) is 8.78. The number of phenols is 1. The Balaban J connectivity index is 1.78. The van der Waals surface area contributed by atoms with Crippen LogP contribution in [0.15, 0.2) is 84.9 Å². The van der Waals surface area contributed by atoms with Gasteiger partial charge in [0, 0.05) is 18.7 Å². The molecule has 4 rings (SSSR count). The molecule has 260 valence electrons. The Morgan fingerprint density at radius 3 is 2.22 bits per heavy atom. The van der Waals surface area contributed by atoms with Crippen LogP contribution in [0.4, 0.5) is 10.5 Å². The molecule has 0 saturated carbocycles. The second kappa shape index (κ2) is 17.0. The van der Waals surface area contributed by atoms with E-state index in [0.717, 1.165) is 58.7 Å². The summed E-state index contributed by atoms with van der Waals surface area (Å²) in [5, 5.41) is 17.9. The lowest BCUT2D eigenvalue weighted by molar-refractivity contribution is -0.140. The molecule has 0 bridgehead atoms. The molecule has 4 aromatic rings. The molecule has 0 fully saturated rings. The van der Waals surface area contributed by atoms with E-state index in [1.54, 1.807) is 49.9 Å². The summed E-state index contributed by atoms with van der Waals surface area (Å²) in [6.07, 6.45) is 4.17. The lowest BCUT2D eigenvalue weighted by atomic mass is 9.95. The highest BCUT2D eigenvalue weighted by atomic mass is 16.6. The average Bonchev–Trinajstić information content (AvgIpc) is 3.05. The lowest BCUT2D eigenvalue weighted by Gasteiger charge is -2.35. The number of phenolic OH excluding ortho intramolecular Hbond substituents is 1. The van der Waals surface area contributed by atoms with E-state index >= 15 is 0 Å². The molecule has 0 aliphatic heterocycles. The third-order valence-corrected chi connectivity index (χ3v) is 8.46. The number of fused-ring (bicyclic) bond motifs is 1. The summed E-state index contributed by atoms with van der Waals surface area (Å²) in [5.41, 5.74) is 3.15. The quantitative estimate of drug-likeness (QED) is 0.117. The minimum Gasteiger partial charge on any atom is -0.508 e. The monoisotopic (exact) mass is 665 g/mol. The molecule has 2 atom stereocenters. The Labute approximate surface area is 290 Å². The molecule has 4 aromatic carbocycles. The maximum Gasteiger partial charge on any atom is 0.408 e. The largest absolute Gasteiger partial charge is 0.508 e. The summed E-state index contributed by atoms with van der Waals surface area (Å²) >= 11 is 0. The van der Waals surface area contributed by atoms with Crippen molar-refractivity contribution in [1.82, 2.24) is 10.2 Å². The van der Waals surface area contributed by atoms with Crippen molar-refractivity contribution >= 4 is 34.4 Å². The Morgan fingerprint density at radius 1 is 0.837 bits per heavy atom. The van der Waals surface area contributed by atoms with Gasteiger partial charge < -0.3 is 25.4 Å². The van der Waals surface area contributed by atoms with E-state index in [0.29, 0.717) is 18.7 Å². The average molecular weight is 666 g/mol. The smallest absolute Gasteiger partial charge is 0.408 e. The fourth-order valence-corrected chi connectivity index (χ4v) is 5.95. The molecular weight excluding hydrogens is 614 g/mol. The number of aryl methyl sites for hydroxylation is 2. The number of hydrogen-bond donors (Lipinski definition) is 3. The predicted molar refractivity (Wildman–Crippen MR) is 197 cm³/mol. The Bertz CT molecular complexity index is 1730. The molecule has 0 heterocycles. The third kappa shape index (κ3) is 10.8. The van der Waals surface area contributed by atoms with Gasteiger partial charge in [0.05, 0.1) is 0 Å². The van der Waals surface area contributed by atoms with Crippen LogP contribution in [-0.4, -0.2) is 46.1 Å². The van der Waals surface area contributed by atoms with Crippen LogP contribution in [0.5, 0.6) is 5.75 Å². The molecule has 0 aromatic heterocycles. The highest BCUT2D eigenvalue weighted by molar-refractivity contribution is 6.00. The van der Waals surface area contributed by atoms with Gasteiger partial charge in [-0.3, -0.25) is 9.59 Å². The van der Waals surface area contributed by atoms with Crippen LogP contribution in [0.2, 0.25) is 0 Å². The third-order valence-electron chi connectivity index (χ3n) is 8.46. The fourth-order valence-electron chi connectivity index (χ4n) is 5.95. The van der Waals surface area contributed by atoms with Crippen molar-refractivity contribution in [3.05, 3.63) is 107 Å². The number of anilines is 1. The van der Waals surface area contributed by atoms with Gasteiger partial charge in [-0.05, 0) is 92.8 Å². The number of hydrogen-bond acceptors (Lipinski definition) is 5. The number of nitrogens with zero attached hydrogens (tertiary/aromatic N) is 1. The standard InChI is InChI=1S/C41H51N3O5/c1-7-8-9-10-13-24-44(39(47)36(43-40(48)49-41(4,5)6)26-30-18-22-34(45)23-19-30)37(35-25-28(2)16-17-29(35)3)38(46)42-33-21-20-31-14-11-12-15-32(31)27-33/h11-12,14-23,25,27,36-37,45H,7-10,13,24,26H2,1-6H3,(H,42,46)(H,43,48). The first-order chi connectivity index (χ1) is 23.3. The summed E-state index contributed by atoms with van der Waals surface area (Å²) in [5.74, 6) is -0.638. The van der Waals surface area contributed by atoms with Gasteiger partial charge in [0.2, 0.25) is 5.91 Å². The normalized spacial score (nSPS) is 12.6. The van der Waals surface area contributed by atoms with E-state index in [1.165, 1.54) is 0 Å². The number of carbonyl (C=O) groups excluding carboxylic acids is 3. The number of benzene rings is 4. The second-order valence-electron chi connectivity index (χ2n) is 13.8. The minimum atomic E-state index is -1.05. The van der Waals surface area contributed by atoms with E-state index < -0.39 is 29.7 Å². The van der Waals surface area contributed by atoms with Gasteiger partial charge in [-0.25, -0.2) is 4.79 Å². The first-order valence-electron chi connectivity index (χ1n) is 17.3.